The van der Waals surface area contributed by atoms with E-state index in [1.54, 1.807) is 11.9 Å². The van der Waals surface area contributed by atoms with Crippen molar-refractivity contribution in [3.63, 3.8) is 0 Å². The highest BCUT2D eigenvalue weighted by Crippen LogP contribution is 2.32. The van der Waals surface area contributed by atoms with Crippen LogP contribution in [0.5, 0.6) is 0 Å². The molecule has 1 saturated carbocycles. The van der Waals surface area contributed by atoms with Gasteiger partial charge in [-0.3, -0.25) is 4.79 Å². The van der Waals surface area contributed by atoms with Crippen LogP contribution in [0.15, 0.2) is 17.0 Å². The number of carbonyl (C=O) groups is 1. The van der Waals surface area contributed by atoms with Crippen LogP contribution < -0.4 is 5.14 Å². The fraction of sp³-hybridized carbons (Fsp3) is 0.364. The molecule has 0 saturated heterocycles. The van der Waals surface area contributed by atoms with Gasteiger partial charge in [-0.25, -0.2) is 13.6 Å². The van der Waals surface area contributed by atoms with Crippen molar-refractivity contribution in [2.24, 2.45) is 5.14 Å². The molecule has 1 amide bonds. The minimum absolute atomic E-state index is 0.0132. The average molecular weight is 323 g/mol. The number of halogens is 2. The highest BCUT2D eigenvalue weighted by atomic mass is 35.5. The molecule has 19 heavy (non-hydrogen) atoms. The molecule has 1 aromatic rings. The zero-order chi connectivity index (χ0) is 14.4. The van der Waals surface area contributed by atoms with Crippen LogP contribution in [0.4, 0.5) is 0 Å². The second-order valence-electron chi connectivity index (χ2n) is 4.46. The van der Waals surface area contributed by atoms with E-state index < -0.39 is 10.0 Å². The van der Waals surface area contributed by atoms with E-state index in [0.717, 1.165) is 18.9 Å². The summed E-state index contributed by atoms with van der Waals surface area (Å²) in [6.07, 6.45) is 1.90. The number of nitrogens with zero attached hydrogens (tertiary/aromatic N) is 1. The first-order valence-corrected chi connectivity index (χ1v) is 7.81. The number of benzene rings is 1. The van der Waals surface area contributed by atoms with Crippen molar-refractivity contribution in [1.29, 1.82) is 0 Å². The fourth-order valence-corrected chi connectivity index (χ4v) is 3.08. The van der Waals surface area contributed by atoms with Gasteiger partial charge in [-0.15, -0.1) is 0 Å². The molecule has 0 radical (unpaired) electrons. The first-order chi connectivity index (χ1) is 8.71. The van der Waals surface area contributed by atoms with Crippen molar-refractivity contribution < 1.29 is 13.2 Å². The number of primary sulfonamides is 1. The molecule has 0 atom stereocenters. The zero-order valence-electron chi connectivity index (χ0n) is 10.1. The van der Waals surface area contributed by atoms with Gasteiger partial charge < -0.3 is 4.90 Å². The standard InChI is InChI=1S/C11H12Cl2N2O3S/c1-15(7-2-3-7)11(16)6-4-8(12)10(13)9(5-6)19(14,17)18/h4-5,7H,2-3H2,1H3,(H2,14,17,18). The van der Waals surface area contributed by atoms with Crippen LogP contribution in [0.3, 0.4) is 0 Å². The van der Waals surface area contributed by atoms with Crippen molar-refractivity contribution in [3.8, 4) is 0 Å². The van der Waals surface area contributed by atoms with E-state index in [2.05, 4.69) is 0 Å². The lowest BCUT2D eigenvalue weighted by Gasteiger charge is -2.17. The zero-order valence-corrected chi connectivity index (χ0v) is 12.4. The number of nitrogens with two attached hydrogens (primary N) is 1. The number of rotatable bonds is 3. The van der Waals surface area contributed by atoms with Gasteiger partial charge in [0.25, 0.3) is 5.91 Å². The van der Waals surface area contributed by atoms with Gasteiger partial charge in [0.2, 0.25) is 10.0 Å². The molecule has 2 N–H and O–H groups in total. The Morgan fingerprint density at radius 2 is 1.95 bits per heavy atom. The molecule has 0 heterocycles. The second-order valence-corrected chi connectivity index (χ2v) is 6.78. The molecule has 1 aliphatic rings. The van der Waals surface area contributed by atoms with Crippen molar-refractivity contribution in [1.82, 2.24) is 4.90 Å². The van der Waals surface area contributed by atoms with Crippen molar-refractivity contribution in [2.75, 3.05) is 7.05 Å². The van der Waals surface area contributed by atoms with Gasteiger partial charge in [0, 0.05) is 18.7 Å². The average Bonchev–Trinajstić information content (AvgIpc) is 3.13. The Labute approximate surface area is 121 Å². The highest BCUT2D eigenvalue weighted by molar-refractivity contribution is 7.89. The number of hydrogen-bond donors (Lipinski definition) is 1. The third-order valence-electron chi connectivity index (χ3n) is 2.96. The van der Waals surface area contributed by atoms with Crippen molar-refractivity contribution in [3.05, 3.63) is 27.7 Å². The molecule has 0 unspecified atom stereocenters. The Bertz CT molecular complexity index is 642. The summed E-state index contributed by atoms with van der Waals surface area (Å²) >= 11 is 11.6. The third-order valence-corrected chi connectivity index (χ3v) is 4.81. The molecule has 0 bridgehead atoms. The molecule has 1 aromatic carbocycles. The normalized spacial score (nSPS) is 15.4. The summed E-state index contributed by atoms with van der Waals surface area (Å²) in [7, 11) is -2.36. The van der Waals surface area contributed by atoms with Gasteiger partial charge in [-0.05, 0) is 25.0 Å². The smallest absolute Gasteiger partial charge is 0.253 e. The minimum Gasteiger partial charge on any atom is -0.339 e. The van der Waals surface area contributed by atoms with E-state index in [1.165, 1.54) is 6.07 Å². The van der Waals surface area contributed by atoms with Gasteiger partial charge in [0.1, 0.15) is 4.90 Å². The summed E-state index contributed by atoms with van der Waals surface area (Å²) in [4.78, 5) is 13.4. The van der Waals surface area contributed by atoms with E-state index in [0.29, 0.717) is 0 Å². The summed E-state index contributed by atoms with van der Waals surface area (Å²) < 4.78 is 22.8. The number of sulfonamides is 1. The first-order valence-electron chi connectivity index (χ1n) is 5.51. The molecule has 2 rings (SSSR count). The molecule has 1 fully saturated rings. The van der Waals surface area contributed by atoms with Crippen LogP contribution in [-0.2, 0) is 10.0 Å². The SMILES string of the molecule is CN(C(=O)c1cc(Cl)c(Cl)c(S(N)(=O)=O)c1)C1CC1. The van der Waals surface area contributed by atoms with Crippen LogP contribution in [0.2, 0.25) is 10.0 Å². The Kier molecular flexibility index (Phi) is 3.79. The van der Waals surface area contributed by atoms with Crippen LogP contribution in [-0.4, -0.2) is 32.3 Å². The van der Waals surface area contributed by atoms with Crippen LogP contribution in [0.25, 0.3) is 0 Å². The Morgan fingerprint density at radius 3 is 2.42 bits per heavy atom. The predicted molar refractivity (Wildman–Crippen MR) is 73.0 cm³/mol. The van der Waals surface area contributed by atoms with Gasteiger partial charge in [-0.2, -0.15) is 0 Å². The van der Waals surface area contributed by atoms with E-state index in [1.807, 2.05) is 0 Å². The molecule has 1 aliphatic carbocycles. The summed E-state index contributed by atoms with van der Waals surface area (Å²) in [5.74, 6) is -0.300. The highest BCUT2D eigenvalue weighted by Gasteiger charge is 2.31. The molecule has 0 aromatic heterocycles. The van der Waals surface area contributed by atoms with E-state index in [9.17, 15) is 13.2 Å². The monoisotopic (exact) mass is 322 g/mol. The lowest BCUT2D eigenvalue weighted by atomic mass is 10.2. The lowest BCUT2D eigenvalue weighted by Crippen LogP contribution is -2.29. The number of carbonyl (C=O) groups excluding carboxylic acids is 1. The van der Waals surface area contributed by atoms with E-state index in [4.69, 9.17) is 28.3 Å². The van der Waals surface area contributed by atoms with Gasteiger partial charge in [-0.1, -0.05) is 23.2 Å². The maximum absolute atomic E-state index is 12.2. The van der Waals surface area contributed by atoms with Gasteiger partial charge >= 0.3 is 0 Å². The largest absolute Gasteiger partial charge is 0.339 e. The summed E-state index contributed by atoms with van der Waals surface area (Å²) in [5, 5.41) is 4.86. The summed E-state index contributed by atoms with van der Waals surface area (Å²) in [6.45, 7) is 0. The quantitative estimate of drug-likeness (QED) is 0.922. The topological polar surface area (TPSA) is 80.5 Å². The predicted octanol–water partition coefficient (Wildman–Crippen LogP) is 1.88. The Hall–Kier alpha value is -0.820. The van der Waals surface area contributed by atoms with Crippen LogP contribution >= 0.6 is 23.2 Å². The molecular formula is C11H12Cl2N2O3S. The van der Waals surface area contributed by atoms with Gasteiger partial charge in [0.05, 0.1) is 10.0 Å². The summed E-state index contributed by atoms with van der Waals surface area (Å²) in [6, 6.07) is 2.71. The molecule has 104 valence electrons. The lowest BCUT2D eigenvalue weighted by molar-refractivity contribution is 0.0785. The maximum Gasteiger partial charge on any atom is 0.253 e. The third kappa shape index (κ3) is 3.02. The molecular weight excluding hydrogens is 311 g/mol. The summed E-state index contributed by atoms with van der Waals surface area (Å²) in [5.41, 5.74) is 0.160. The first kappa shape index (κ1) is 14.6. The number of amides is 1. The van der Waals surface area contributed by atoms with Gasteiger partial charge in [0.15, 0.2) is 0 Å². The molecule has 8 heteroatoms. The number of hydrogen-bond acceptors (Lipinski definition) is 3. The minimum atomic E-state index is -4.03. The maximum atomic E-state index is 12.2. The molecule has 5 nitrogen and oxygen atoms in total. The molecule has 0 spiro atoms. The van der Waals surface area contributed by atoms with Crippen LogP contribution in [0, 0.1) is 0 Å². The Balaban J connectivity index is 2.47. The van der Waals surface area contributed by atoms with Crippen LogP contribution in [0.1, 0.15) is 23.2 Å². The Morgan fingerprint density at radius 1 is 1.37 bits per heavy atom. The van der Waals surface area contributed by atoms with E-state index in [-0.39, 0.29) is 32.5 Å². The van der Waals surface area contributed by atoms with Crippen molar-refractivity contribution in [2.45, 2.75) is 23.8 Å². The molecule has 0 aliphatic heterocycles. The van der Waals surface area contributed by atoms with E-state index >= 15 is 0 Å². The second kappa shape index (κ2) is 4.94. The van der Waals surface area contributed by atoms with Crippen molar-refractivity contribution >= 4 is 39.1 Å². The fourth-order valence-electron chi connectivity index (χ4n) is 1.73.